The van der Waals surface area contributed by atoms with Crippen LogP contribution in [-0.2, 0) is 0 Å². The summed E-state index contributed by atoms with van der Waals surface area (Å²) in [6.07, 6.45) is 0. The third-order valence-corrected chi connectivity index (χ3v) is 11.7. The second-order valence-electron chi connectivity index (χ2n) is 14.5. The molecule has 4 heteroatoms. The Bertz CT molecular complexity index is 3670. The lowest BCUT2D eigenvalue weighted by atomic mass is 9.97. The van der Waals surface area contributed by atoms with E-state index in [9.17, 15) is 0 Å². The number of para-hydroxylation sites is 1. The van der Waals surface area contributed by atoms with Crippen LogP contribution >= 0.6 is 0 Å². The fourth-order valence-electron chi connectivity index (χ4n) is 9.46. The van der Waals surface area contributed by atoms with Gasteiger partial charge in [0.25, 0.3) is 0 Å². The summed E-state index contributed by atoms with van der Waals surface area (Å²) >= 11 is 0. The van der Waals surface area contributed by atoms with Crippen molar-refractivity contribution in [3.8, 4) is 28.3 Å². The number of nitrogens with zero attached hydrogens (tertiary/aromatic N) is 3. The van der Waals surface area contributed by atoms with Gasteiger partial charge in [-0.2, -0.15) is 0 Å². The second-order valence-corrected chi connectivity index (χ2v) is 14.5. The maximum atomic E-state index is 6.62. The molecule has 0 aliphatic heterocycles. The zero-order valence-corrected chi connectivity index (χ0v) is 28.8. The topological polar surface area (TPSA) is 43.9 Å². The minimum absolute atomic E-state index is 0.621. The molecule has 3 aromatic heterocycles. The highest BCUT2D eigenvalue weighted by Crippen LogP contribution is 2.50. The maximum Gasteiger partial charge on any atom is 0.236 e. The van der Waals surface area contributed by atoms with Gasteiger partial charge < -0.3 is 4.42 Å². The van der Waals surface area contributed by atoms with E-state index in [1.165, 1.54) is 64.6 Å². The molecule has 0 saturated carbocycles. The predicted molar refractivity (Wildman–Crippen MR) is 224 cm³/mol. The van der Waals surface area contributed by atoms with E-state index in [4.69, 9.17) is 14.4 Å². The first kappa shape index (κ1) is 28.3. The summed E-state index contributed by atoms with van der Waals surface area (Å²) in [5.74, 6) is 0.621. The first-order chi connectivity index (χ1) is 26.8. The lowest BCUT2D eigenvalue weighted by Crippen LogP contribution is -2.03. The Morgan fingerprint density at radius 3 is 1.74 bits per heavy atom. The molecule has 0 unspecified atom stereocenters. The molecule has 10 aromatic carbocycles. The van der Waals surface area contributed by atoms with Crippen LogP contribution in [-0.4, -0.2) is 14.5 Å². The first-order valence-corrected chi connectivity index (χ1v) is 18.4. The summed E-state index contributed by atoms with van der Waals surface area (Å²) < 4.78 is 8.93. The maximum absolute atomic E-state index is 6.62. The van der Waals surface area contributed by atoms with Crippen LogP contribution in [0.4, 0.5) is 0 Å². The summed E-state index contributed by atoms with van der Waals surface area (Å²) in [7, 11) is 0. The standard InChI is InChI=1S/C50H27N3O/c1-2-12-28(13-3-1)29-14-10-15-30(26-29)47-49-48(38-20-8-9-23-42(38)54-49)52-50(51-47)53-40-22-11-21-35-31-16-4-5-17-32(31)37-25-24-36-33-18-6-7-19-34(33)39-27-41(53)46(44(35)40)45(37)43(36)39/h1-27H. The number of rotatable bonds is 3. The highest BCUT2D eigenvalue weighted by atomic mass is 16.3. The Morgan fingerprint density at radius 2 is 0.963 bits per heavy atom. The number of aromatic nitrogens is 3. The molecular formula is C50H27N3O. The van der Waals surface area contributed by atoms with Crippen molar-refractivity contribution in [1.82, 2.24) is 14.5 Å². The van der Waals surface area contributed by atoms with Crippen LogP contribution in [0.3, 0.4) is 0 Å². The van der Waals surface area contributed by atoms with E-state index in [0.29, 0.717) is 11.5 Å². The van der Waals surface area contributed by atoms with Gasteiger partial charge in [-0.15, -0.1) is 0 Å². The average Bonchev–Trinajstić information content (AvgIpc) is 3.86. The largest absolute Gasteiger partial charge is 0.452 e. The van der Waals surface area contributed by atoms with E-state index in [2.05, 4.69) is 156 Å². The van der Waals surface area contributed by atoms with Gasteiger partial charge in [0.1, 0.15) is 16.8 Å². The number of hydrogen-bond acceptors (Lipinski definition) is 3. The lowest BCUT2D eigenvalue weighted by Gasteiger charge is -2.12. The molecule has 0 saturated heterocycles. The van der Waals surface area contributed by atoms with E-state index in [1.54, 1.807) is 0 Å². The van der Waals surface area contributed by atoms with E-state index >= 15 is 0 Å². The monoisotopic (exact) mass is 685 g/mol. The molecule has 13 aromatic rings. The SMILES string of the molecule is c1ccc(-c2cccc(-c3nc(-n4c5cccc6c7ccccc7c7ccc8c9ccccc9c9cc4c(c7c89)c65)nc4c3oc3ccccc34)c2)cc1. The van der Waals surface area contributed by atoms with Gasteiger partial charge >= 0.3 is 0 Å². The smallest absolute Gasteiger partial charge is 0.236 e. The summed E-state index contributed by atoms with van der Waals surface area (Å²) in [6.45, 7) is 0. The van der Waals surface area contributed by atoms with Crippen molar-refractivity contribution in [3.05, 3.63) is 164 Å². The first-order valence-electron chi connectivity index (χ1n) is 18.4. The summed E-state index contributed by atoms with van der Waals surface area (Å²) in [5.41, 5.74) is 8.48. The van der Waals surface area contributed by atoms with Crippen molar-refractivity contribution in [1.29, 1.82) is 0 Å². The van der Waals surface area contributed by atoms with E-state index in [0.717, 1.165) is 49.9 Å². The van der Waals surface area contributed by atoms with Gasteiger partial charge in [-0.3, -0.25) is 4.57 Å². The molecule has 4 nitrogen and oxygen atoms in total. The van der Waals surface area contributed by atoms with Crippen molar-refractivity contribution in [3.63, 3.8) is 0 Å². The molecule has 0 spiro atoms. The van der Waals surface area contributed by atoms with Gasteiger partial charge in [0.15, 0.2) is 5.58 Å². The van der Waals surface area contributed by atoms with Crippen LogP contribution in [0.15, 0.2) is 168 Å². The van der Waals surface area contributed by atoms with Gasteiger partial charge in [-0.05, 0) is 89.9 Å². The molecule has 54 heavy (non-hydrogen) atoms. The zero-order chi connectivity index (χ0) is 35.1. The fourth-order valence-corrected chi connectivity index (χ4v) is 9.46. The fraction of sp³-hybridized carbons (Fsp3) is 0. The van der Waals surface area contributed by atoms with Gasteiger partial charge in [-0.25, -0.2) is 9.97 Å². The summed E-state index contributed by atoms with van der Waals surface area (Å²) in [4.78, 5) is 10.9. The van der Waals surface area contributed by atoms with Crippen molar-refractivity contribution in [2.45, 2.75) is 0 Å². The molecular weight excluding hydrogens is 659 g/mol. The highest BCUT2D eigenvalue weighted by molar-refractivity contribution is 6.44. The molecule has 0 aliphatic carbocycles. The number of hydrogen-bond donors (Lipinski definition) is 0. The van der Waals surface area contributed by atoms with Crippen molar-refractivity contribution in [2.75, 3.05) is 0 Å². The van der Waals surface area contributed by atoms with Gasteiger partial charge in [0, 0.05) is 27.1 Å². The molecule has 0 radical (unpaired) electrons. The highest BCUT2D eigenvalue weighted by Gasteiger charge is 2.26. The van der Waals surface area contributed by atoms with Crippen LogP contribution < -0.4 is 0 Å². The molecule has 0 bridgehead atoms. The van der Waals surface area contributed by atoms with Crippen LogP contribution in [0.1, 0.15) is 0 Å². The molecule has 3 heterocycles. The predicted octanol–water partition coefficient (Wildman–Crippen LogP) is 13.4. The van der Waals surface area contributed by atoms with Crippen LogP contribution in [0, 0.1) is 0 Å². The molecule has 0 fully saturated rings. The third kappa shape index (κ3) is 3.57. The molecule has 0 amide bonds. The van der Waals surface area contributed by atoms with Crippen molar-refractivity contribution >= 4 is 97.7 Å². The van der Waals surface area contributed by atoms with E-state index < -0.39 is 0 Å². The van der Waals surface area contributed by atoms with Crippen molar-refractivity contribution in [2.24, 2.45) is 0 Å². The Kier molecular flexibility index (Phi) is 5.34. The van der Waals surface area contributed by atoms with Gasteiger partial charge in [0.05, 0.1) is 11.0 Å². The second kappa shape index (κ2) is 10.2. The molecule has 0 N–H and O–H groups in total. The zero-order valence-electron chi connectivity index (χ0n) is 28.8. The normalized spacial score (nSPS) is 12.4. The Balaban J connectivity index is 1.24. The lowest BCUT2D eigenvalue weighted by molar-refractivity contribution is 0.666. The average molecular weight is 686 g/mol. The van der Waals surface area contributed by atoms with E-state index in [-0.39, 0.29) is 0 Å². The van der Waals surface area contributed by atoms with Crippen LogP contribution in [0.25, 0.3) is 126 Å². The van der Waals surface area contributed by atoms with Crippen LogP contribution in [0.2, 0.25) is 0 Å². The quantitative estimate of drug-likeness (QED) is 0.186. The Labute approximate surface area is 307 Å². The van der Waals surface area contributed by atoms with Gasteiger partial charge in [-0.1, -0.05) is 133 Å². The third-order valence-electron chi connectivity index (χ3n) is 11.7. The molecule has 248 valence electrons. The minimum atomic E-state index is 0.621. The van der Waals surface area contributed by atoms with Gasteiger partial charge in [0.2, 0.25) is 5.95 Å². The van der Waals surface area contributed by atoms with E-state index in [1.807, 2.05) is 12.1 Å². The minimum Gasteiger partial charge on any atom is -0.452 e. The Morgan fingerprint density at radius 1 is 0.370 bits per heavy atom. The van der Waals surface area contributed by atoms with Crippen LogP contribution in [0.5, 0.6) is 0 Å². The molecule has 13 rings (SSSR count). The number of furan rings is 1. The Hall–Kier alpha value is -7.30. The number of benzene rings is 8. The summed E-state index contributed by atoms with van der Waals surface area (Å²) in [5, 5.41) is 16.1. The number of fused-ring (bicyclic) bond motifs is 9. The van der Waals surface area contributed by atoms with Crippen molar-refractivity contribution < 1.29 is 4.42 Å². The molecule has 0 atom stereocenters. The summed E-state index contributed by atoms with van der Waals surface area (Å²) in [6, 6.07) is 58.7. The molecule has 0 aliphatic rings.